The molecule has 0 fully saturated rings. The Morgan fingerprint density at radius 2 is 1.81 bits per heavy atom. The largest absolute Gasteiger partial charge is 0.465 e. The molecule has 0 saturated heterocycles. The molecule has 0 bridgehead atoms. The first-order valence-corrected chi connectivity index (χ1v) is 9.33. The standard InChI is InChI=1S/C21H19N5O6/c1-13-10-15(14(2)24(13)19-7-5-4-6-17(19)21(27)32-3)12-22-23-18-9-8-16(25(28)29)11-20(18)26(30)31/h4-12,23H,1-3H3/b22-12-. The molecule has 0 amide bonds. The summed E-state index contributed by atoms with van der Waals surface area (Å²) in [5.74, 6) is -0.463. The minimum atomic E-state index is -0.722. The van der Waals surface area contributed by atoms with Crippen LogP contribution >= 0.6 is 0 Å². The van der Waals surface area contributed by atoms with Crippen LogP contribution in [0.5, 0.6) is 0 Å². The third kappa shape index (κ3) is 4.31. The minimum Gasteiger partial charge on any atom is -0.465 e. The predicted octanol–water partition coefficient (Wildman–Crippen LogP) is 4.14. The van der Waals surface area contributed by atoms with Crippen LogP contribution in [0, 0.1) is 34.1 Å². The normalized spacial score (nSPS) is 10.8. The zero-order valence-corrected chi connectivity index (χ0v) is 17.4. The maximum Gasteiger partial charge on any atom is 0.339 e. The van der Waals surface area contributed by atoms with E-state index in [2.05, 4.69) is 10.5 Å². The summed E-state index contributed by atoms with van der Waals surface area (Å²) in [5, 5.41) is 26.2. The van der Waals surface area contributed by atoms with Crippen molar-refractivity contribution in [3.8, 4) is 5.69 Å². The van der Waals surface area contributed by atoms with Crippen molar-refractivity contribution in [2.45, 2.75) is 13.8 Å². The van der Waals surface area contributed by atoms with Gasteiger partial charge in [0.2, 0.25) is 0 Å². The van der Waals surface area contributed by atoms with Gasteiger partial charge in [-0.25, -0.2) is 4.79 Å². The van der Waals surface area contributed by atoms with Crippen molar-refractivity contribution in [3.63, 3.8) is 0 Å². The topological polar surface area (TPSA) is 142 Å². The van der Waals surface area contributed by atoms with Gasteiger partial charge in [0, 0.05) is 23.0 Å². The van der Waals surface area contributed by atoms with E-state index in [4.69, 9.17) is 4.74 Å². The molecular weight excluding hydrogens is 418 g/mol. The van der Waals surface area contributed by atoms with Crippen molar-refractivity contribution in [1.82, 2.24) is 4.57 Å². The lowest BCUT2D eigenvalue weighted by Crippen LogP contribution is -2.09. The van der Waals surface area contributed by atoms with Crippen LogP contribution in [0.15, 0.2) is 53.6 Å². The fourth-order valence-electron chi connectivity index (χ4n) is 3.29. The van der Waals surface area contributed by atoms with E-state index in [1.807, 2.05) is 30.5 Å². The number of benzene rings is 2. The summed E-state index contributed by atoms with van der Waals surface area (Å²) in [4.78, 5) is 32.8. The summed E-state index contributed by atoms with van der Waals surface area (Å²) in [6.45, 7) is 3.71. The summed E-state index contributed by atoms with van der Waals surface area (Å²) in [6.07, 6.45) is 1.48. The van der Waals surface area contributed by atoms with E-state index >= 15 is 0 Å². The lowest BCUT2D eigenvalue weighted by atomic mass is 10.1. The molecule has 0 unspecified atom stereocenters. The van der Waals surface area contributed by atoms with Crippen molar-refractivity contribution in [3.05, 3.63) is 91.3 Å². The van der Waals surface area contributed by atoms with Gasteiger partial charge in [-0.3, -0.25) is 25.7 Å². The van der Waals surface area contributed by atoms with Crippen LogP contribution in [0.1, 0.15) is 27.3 Å². The molecule has 0 aliphatic rings. The highest BCUT2D eigenvalue weighted by Gasteiger charge is 2.20. The number of para-hydroxylation sites is 1. The van der Waals surface area contributed by atoms with Crippen LogP contribution in [-0.4, -0.2) is 33.7 Å². The number of nitro benzene ring substituents is 2. The molecule has 1 aromatic heterocycles. The van der Waals surface area contributed by atoms with Gasteiger partial charge in [-0.2, -0.15) is 5.10 Å². The predicted molar refractivity (Wildman–Crippen MR) is 118 cm³/mol. The number of rotatable bonds is 7. The van der Waals surface area contributed by atoms with Crippen LogP contribution in [0.25, 0.3) is 5.69 Å². The summed E-state index contributed by atoms with van der Waals surface area (Å²) >= 11 is 0. The Morgan fingerprint density at radius 3 is 2.47 bits per heavy atom. The number of aryl methyl sites for hydroxylation is 1. The van der Waals surface area contributed by atoms with E-state index in [-0.39, 0.29) is 11.4 Å². The number of nitrogens with zero attached hydrogens (tertiary/aromatic N) is 4. The third-order valence-electron chi connectivity index (χ3n) is 4.80. The fourth-order valence-corrected chi connectivity index (χ4v) is 3.29. The number of hydrazone groups is 1. The number of nitro groups is 2. The van der Waals surface area contributed by atoms with Gasteiger partial charge < -0.3 is 9.30 Å². The van der Waals surface area contributed by atoms with Gasteiger partial charge in [-0.05, 0) is 38.1 Å². The second kappa shape index (κ2) is 9.08. The van der Waals surface area contributed by atoms with Gasteiger partial charge in [0.05, 0.1) is 40.5 Å². The second-order valence-corrected chi connectivity index (χ2v) is 6.76. The summed E-state index contributed by atoms with van der Waals surface area (Å²) < 4.78 is 6.74. The number of carbonyl (C=O) groups is 1. The molecule has 2 aromatic carbocycles. The first-order chi connectivity index (χ1) is 15.2. The van der Waals surface area contributed by atoms with E-state index < -0.39 is 21.5 Å². The molecule has 0 saturated carbocycles. The summed E-state index contributed by atoms with van der Waals surface area (Å²) in [7, 11) is 1.32. The summed E-state index contributed by atoms with van der Waals surface area (Å²) in [5.41, 5.74) is 5.10. The van der Waals surface area contributed by atoms with Crippen LogP contribution in [0.2, 0.25) is 0 Å². The average molecular weight is 437 g/mol. The molecule has 11 nitrogen and oxygen atoms in total. The molecule has 0 spiro atoms. The lowest BCUT2D eigenvalue weighted by Gasteiger charge is -2.13. The molecule has 164 valence electrons. The SMILES string of the molecule is COC(=O)c1ccccc1-n1c(C)cc(/C=N\Nc2ccc([N+](=O)[O-])cc2[N+](=O)[O-])c1C. The van der Waals surface area contributed by atoms with Crippen molar-refractivity contribution < 1.29 is 19.4 Å². The monoisotopic (exact) mass is 437 g/mol. The number of ether oxygens (including phenoxy) is 1. The molecule has 0 aliphatic carbocycles. The molecule has 0 atom stereocenters. The molecule has 11 heteroatoms. The van der Waals surface area contributed by atoms with Crippen molar-refractivity contribution in [2.24, 2.45) is 5.10 Å². The minimum absolute atomic E-state index is 0.0155. The van der Waals surface area contributed by atoms with E-state index in [9.17, 15) is 25.0 Å². The molecule has 32 heavy (non-hydrogen) atoms. The Balaban J connectivity index is 1.93. The third-order valence-corrected chi connectivity index (χ3v) is 4.80. The van der Waals surface area contributed by atoms with E-state index in [1.165, 1.54) is 19.4 Å². The van der Waals surface area contributed by atoms with Crippen LogP contribution in [0.3, 0.4) is 0 Å². The zero-order valence-electron chi connectivity index (χ0n) is 17.4. The maximum absolute atomic E-state index is 12.1. The molecule has 3 aromatic rings. The Bertz CT molecular complexity index is 1250. The highest BCUT2D eigenvalue weighted by molar-refractivity contribution is 5.94. The molecular formula is C21H19N5O6. The second-order valence-electron chi connectivity index (χ2n) is 6.76. The van der Waals surface area contributed by atoms with Crippen molar-refractivity contribution in [2.75, 3.05) is 12.5 Å². The highest BCUT2D eigenvalue weighted by atomic mass is 16.6. The molecule has 3 rings (SSSR count). The highest BCUT2D eigenvalue weighted by Crippen LogP contribution is 2.29. The fraction of sp³-hybridized carbons (Fsp3) is 0.143. The lowest BCUT2D eigenvalue weighted by molar-refractivity contribution is -0.393. The van der Waals surface area contributed by atoms with E-state index in [1.54, 1.807) is 18.2 Å². The maximum atomic E-state index is 12.1. The molecule has 1 N–H and O–H groups in total. The van der Waals surface area contributed by atoms with Gasteiger partial charge in [-0.15, -0.1) is 0 Å². The number of methoxy groups -OCH3 is 1. The molecule has 0 aliphatic heterocycles. The quantitative estimate of drug-likeness (QED) is 0.253. The van der Waals surface area contributed by atoms with Gasteiger partial charge in [0.15, 0.2) is 0 Å². The van der Waals surface area contributed by atoms with Crippen LogP contribution < -0.4 is 5.43 Å². The van der Waals surface area contributed by atoms with Gasteiger partial charge in [0.25, 0.3) is 5.69 Å². The van der Waals surface area contributed by atoms with Gasteiger partial charge >= 0.3 is 11.7 Å². The Morgan fingerprint density at radius 1 is 1.09 bits per heavy atom. The average Bonchev–Trinajstić information content (AvgIpc) is 3.05. The van der Waals surface area contributed by atoms with Crippen LogP contribution in [-0.2, 0) is 4.74 Å². The van der Waals surface area contributed by atoms with Crippen molar-refractivity contribution >= 4 is 29.2 Å². The molecule has 0 radical (unpaired) electrons. The number of anilines is 1. The van der Waals surface area contributed by atoms with Crippen molar-refractivity contribution in [1.29, 1.82) is 0 Å². The van der Waals surface area contributed by atoms with Gasteiger partial charge in [0.1, 0.15) is 5.69 Å². The number of hydrogen-bond donors (Lipinski definition) is 1. The van der Waals surface area contributed by atoms with E-state index in [0.717, 1.165) is 23.5 Å². The zero-order chi connectivity index (χ0) is 23.4. The van der Waals surface area contributed by atoms with E-state index in [0.29, 0.717) is 16.8 Å². The first-order valence-electron chi connectivity index (χ1n) is 9.33. The Labute approximate surface area is 182 Å². The number of aromatic nitrogens is 1. The molecule has 1 heterocycles. The number of hydrogen-bond acceptors (Lipinski definition) is 8. The number of nitrogens with one attached hydrogen (secondary N) is 1. The smallest absolute Gasteiger partial charge is 0.339 e. The first kappa shape index (κ1) is 22.2. The summed E-state index contributed by atoms with van der Waals surface area (Å²) in [6, 6.07) is 12.1. The Kier molecular flexibility index (Phi) is 6.29. The number of non-ortho nitro benzene ring substituents is 1. The number of carbonyl (C=O) groups excluding carboxylic acids is 1. The van der Waals surface area contributed by atoms with Gasteiger partial charge in [-0.1, -0.05) is 12.1 Å². The Hall–Kier alpha value is -4.54. The number of esters is 1. The van der Waals surface area contributed by atoms with Crippen LogP contribution in [0.4, 0.5) is 17.1 Å².